The van der Waals surface area contributed by atoms with Crippen LogP contribution in [0.2, 0.25) is 0 Å². The zero-order valence-electron chi connectivity index (χ0n) is 14.9. The molecule has 0 bridgehead atoms. The Balaban J connectivity index is 2.11. The molecular formula is C19H22N2O6. The second-order valence-electron chi connectivity index (χ2n) is 6.23. The average Bonchev–Trinajstić information content (AvgIpc) is 2.91. The number of rotatable bonds is 12. The Morgan fingerprint density at radius 2 is 1.93 bits per heavy atom. The van der Waals surface area contributed by atoms with Crippen LogP contribution < -0.4 is 10.5 Å². The second kappa shape index (κ2) is 9.61. The molecule has 8 heteroatoms. The Bertz CT molecular complexity index is 746. The summed E-state index contributed by atoms with van der Waals surface area (Å²) in [4.78, 5) is 58.8. The van der Waals surface area contributed by atoms with E-state index in [2.05, 4.69) is 0 Å². The molecule has 0 saturated heterocycles. The van der Waals surface area contributed by atoms with E-state index >= 15 is 0 Å². The van der Waals surface area contributed by atoms with Gasteiger partial charge in [0.15, 0.2) is 0 Å². The number of unbranched alkanes of at least 4 members (excludes halogenated alkanes) is 3. The van der Waals surface area contributed by atoms with E-state index in [0.717, 1.165) is 24.0 Å². The number of fused-ring (bicyclic) bond motifs is 1. The lowest BCUT2D eigenvalue weighted by Gasteiger charge is -2.20. The van der Waals surface area contributed by atoms with Crippen LogP contribution in [0.4, 0.5) is 0 Å². The van der Waals surface area contributed by atoms with Crippen molar-refractivity contribution in [2.75, 3.05) is 6.61 Å². The van der Waals surface area contributed by atoms with Crippen molar-refractivity contribution in [3.8, 4) is 5.75 Å². The van der Waals surface area contributed by atoms with E-state index in [1.54, 1.807) is 12.1 Å². The molecule has 0 fully saturated rings. The molecule has 2 N–H and O–H groups in total. The van der Waals surface area contributed by atoms with Crippen molar-refractivity contribution < 1.29 is 28.7 Å². The highest BCUT2D eigenvalue weighted by atomic mass is 16.5. The molecule has 8 nitrogen and oxygen atoms in total. The van der Waals surface area contributed by atoms with Crippen molar-refractivity contribution in [1.82, 2.24) is 4.90 Å². The van der Waals surface area contributed by atoms with Crippen LogP contribution in [-0.2, 0) is 14.4 Å². The molecule has 1 aromatic rings. The quantitative estimate of drug-likeness (QED) is 0.334. The van der Waals surface area contributed by atoms with Gasteiger partial charge in [-0.3, -0.25) is 19.3 Å². The topological polar surface area (TPSA) is 124 Å². The van der Waals surface area contributed by atoms with Gasteiger partial charge in [-0.15, -0.1) is 0 Å². The van der Waals surface area contributed by atoms with Crippen LogP contribution in [0.5, 0.6) is 5.75 Å². The van der Waals surface area contributed by atoms with Gasteiger partial charge in [-0.05, 0) is 37.8 Å². The van der Waals surface area contributed by atoms with Gasteiger partial charge in [-0.1, -0.05) is 6.07 Å². The standard InChI is InChI=1S/C19H22N2O6/c20-16(24)9-8-13(12-23)21-18(25)14-6-5-7-15(17(14)19(21)26)27-11-4-2-1-3-10-22/h5-7,10,12-13H,1-4,8-9,11H2,(H2,20,24). The van der Waals surface area contributed by atoms with Gasteiger partial charge in [0, 0.05) is 12.8 Å². The van der Waals surface area contributed by atoms with E-state index in [9.17, 15) is 24.0 Å². The first kappa shape index (κ1) is 20.3. The monoisotopic (exact) mass is 374 g/mol. The average molecular weight is 374 g/mol. The van der Waals surface area contributed by atoms with Gasteiger partial charge in [0.05, 0.1) is 23.8 Å². The summed E-state index contributed by atoms with van der Waals surface area (Å²) in [5.41, 5.74) is 5.38. The summed E-state index contributed by atoms with van der Waals surface area (Å²) in [5.74, 6) is -1.54. The third-order valence-electron chi connectivity index (χ3n) is 4.31. The molecule has 2 rings (SSSR count). The third-order valence-corrected chi connectivity index (χ3v) is 4.31. The van der Waals surface area contributed by atoms with E-state index < -0.39 is 23.8 Å². The van der Waals surface area contributed by atoms with E-state index in [1.807, 2.05) is 0 Å². The summed E-state index contributed by atoms with van der Waals surface area (Å²) in [6.45, 7) is 0.343. The van der Waals surface area contributed by atoms with Gasteiger partial charge in [-0.25, -0.2) is 0 Å². The summed E-state index contributed by atoms with van der Waals surface area (Å²) >= 11 is 0. The van der Waals surface area contributed by atoms with Crippen molar-refractivity contribution in [1.29, 1.82) is 0 Å². The smallest absolute Gasteiger partial charge is 0.265 e. The fourth-order valence-electron chi connectivity index (χ4n) is 2.93. The van der Waals surface area contributed by atoms with Gasteiger partial charge >= 0.3 is 0 Å². The van der Waals surface area contributed by atoms with E-state index in [1.165, 1.54) is 6.07 Å². The Morgan fingerprint density at radius 1 is 1.15 bits per heavy atom. The molecule has 27 heavy (non-hydrogen) atoms. The lowest BCUT2D eigenvalue weighted by molar-refractivity contribution is -0.118. The molecule has 0 radical (unpaired) electrons. The number of hydrogen-bond acceptors (Lipinski definition) is 6. The molecular weight excluding hydrogens is 352 g/mol. The molecule has 1 atom stereocenters. The van der Waals surface area contributed by atoms with Crippen LogP contribution in [0.1, 0.15) is 59.2 Å². The predicted molar refractivity (Wildman–Crippen MR) is 95.2 cm³/mol. The van der Waals surface area contributed by atoms with Crippen molar-refractivity contribution >= 4 is 30.3 Å². The largest absolute Gasteiger partial charge is 0.493 e. The van der Waals surface area contributed by atoms with Gasteiger partial charge in [0.1, 0.15) is 18.3 Å². The molecule has 0 spiro atoms. The van der Waals surface area contributed by atoms with Crippen LogP contribution in [0, 0.1) is 0 Å². The first-order valence-corrected chi connectivity index (χ1v) is 8.82. The maximum Gasteiger partial charge on any atom is 0.265 e. The fourth-order valence-corrected chi connectivity index (χ4v) is 2.93. The maximum atomic E-state index is 12.8. The lowest BCUT2D eigenvalue weighted by atomic mass is 10.1. The van der Waals surface area contributed by atoms with E-state index in [-0.39, 0.29) is 29.7 Å². The van der Waals surface area contributed by atoms with Crippen molar-refractivity contribution in [3.05, 3.63) is 29.3 Å². The number of nitrogens with zero attached hydrogens (tertiary/aromatic N) is 1. The molecule has 144 valence electrons. The zero-order valence-corrected chi connectivity index (χ0v) is 14.9. The van der Waals surface area contributed by atoms with Crippen LogP contribution in [0.15, 0.2) is 18.2 Å². The number of benzene rings is 1. The number of aldehydes is 2. The molecule has 1 aliphatic rings. The first-order chi connectivity index (χ1) is 13.0. The van der Waals surface area contributed by atoms with Crippen LogP contribution in [-0.4, -0.2) is 47.8 Å². The normalized spacial score (nSPS) is 14.0. The molecule has 1 heterocycles. The maximum absolute atomic E-state index is 12.8. The minimum Gasteiger partial charge on any atom is -0.493 e. The number of hydrogen-bond donors (Lipinski definition) is 1. The number of carbonyl (C=O) groups is 5. The minimum atomic E-state index is -1.05. The molecule has 1 unspecified atom stereocenters. The number of carbonyl (C=O) groups excluding carboxylic acids is 5. The van der Waals surface area contributed by atoms with Crippen molar-refractivity contribution in [2.45, 2.75) is 44.6 Å². The van der Waals surface area contributed by atoms with Crippen LogP contribution >= 0.6 is 0 Å². The zero-order chi connectivity index (χ0) is 19.8. The number of primary amides is 1. The molecule has 1 aliphatic heterocycles. The van der Waals surface area contributed by atoms with Crippen LogP contribution in [0.3, 0.4) is 0 Å². The Hall–Kier alpha value is -3.03. The molecule has 0 saturated carbocycles. The third kappa shape index (κ3) is 4.78. The molecule has 1 aromatic carbocycles. The summed E-state index contributed by atoms with van der Waals surface area (Å²) in [6.07, 6.45) is 4.00. The highest BCUT2D eigenvalue weighted by Gasteiger charge is 2.41. The van der Waals surface area contributed by atoms with Gasteiger partial charge in [0.2, 0.25) is 5.91 Å². The predicted octanol–water partition coefficient (Wildman–Crippen LogP) is 1.25. The molecule has 0 aliphatic carbocycles. The SMILES string of the molecule is NC(=O)CCC(C=O)N1C(=O)c2cccc(OCCCCCC=O)c2C1=O. The Morgan fingerprint density at radius 3 is 2.59 bits per heavy atom. The Labute approximate surface area is 156 Å². The molecule has 0 aromatic heterocycles. The van der Waals surface area contributed by atoms with Crippen LogP contribution in [0.25, 0.3) is 0 Å². The van der Waals surface area contributed by atoms with E-state index in [0.29, 0.717) is 25.7 Å². The fraction of sp³-hybridized carbons (Fsp3) is 0.421. The second-order valence-corrected chi connectivity index (χ2v) is 6.23. The van der Waals surface area contributed by atoms with Crippen molar-refractivity contribution in [3.63, 3.8) is 0 Å². The Kier molecular flexibility index (Phi) is 7.22. The number of amides is 3. The van der Waals surface area contributed by atoms with Gasteiger partial charge in [0.25, 0.3) is 11.8 Å². The first-order valence-electron chi connectivity index (χ1n) is 8.82. The highest BCUT2D eigenvalue weighted by molar-refractivity contribution is 6.23. The van der Waals surface area contributed by atoms with Crippen molar-refractivity contribution in [2.24, 2.45) is 5.73 Å². The molecule has 3 amide bonds. The summed E-state index contributed by atoms with van der Waals surface area (Å²) in [7, 11) is 0. The summed E-state index contributed by atoms with van der Waals surface area (Å²) < 4.78 is 5.66. The summed E-state index contributed by atoms with van der Waals surface area (Å²) in [5, 5.41) is 0. The summed E-state index contributed by atoms with van der Waals surface area (Å²) in [6, 6.07) is 3.65. The highest BCUT2D eigenvalue weighted by Crippen LogP contribution is 2.32. The minimum absolute atomic E-state index is 0.0166. The van der Waals surface area contributed by atoms with Gasteiger partial charge in [-0.2, -0.15) is 0 Å². The van der Waals surface area contributed by atoms with Gasteiger partial charge < -0.3 is 20.1 Å². The number of imide groups is 1. The number of ether oxygens (including phenoxy) is 1. The lowest BCUT2D eigenvalue weighted by Crippen LogP contribution is -2.41. The van der Waals surface area contributed by atoms with E-state index in [4.69, 9.17) is 10.5 Å². The number of nitrogens with two attached hydrogens (primary N) is 1.